The molecule has 7 nitrogen and oxygen atoms in total. The topological polar surface area (TPSA) is 84.3 Å². The van der Waals surface area contributed by atoms with Crippen molar-refractivity contribution in [1.82, 2.24) is 19.8 Å². The van der Waals surface area contributed by atoms with Crippen LogP contribution < -0.4 is 10.9 Å². The molecule has 0 aliphatic heterocycles. The number of fused-ring (bicyclic) bond motifs is 1. The van der Waals surface area contributed by atoms with Crippen LogP contribution in [0, 0.1) is 6.92 Å². The van der Waals surface area contributed by atoms with Gasteiger partial charge in [-0.1, -0.05) is 12.1 Å². The van der Waals surface area contributed by atoms with Crippen LogP contribution in [-0.4, -0.2) is 40.4 Å². The minimum Gasteiger partial charge on any atom is -0.348 e. The largest absolute Gasteiger partial charge is 0.348 e. The highest BCUT2D eigenvalue weighted by atomic mass is 16.2. The lowest BCUT2D eigenvalue weighted by Gasteiger charge is -2.11. The Morgan fingerprint density at radius 2 is 1.72 bits per heavy atom. The van der Waals surface area contributed by atoms with E-state index in [0.717, 1.165) is 5.56 Å². The van der Waals surface area contributed by atoms with Gasteiger partial charge in [0.25, 0.3) is 17.4 Å². The predicted octanol–water partition coefficient (Wildman–Crippen LogP) is 2.36. The molecule has 0 aliphatic carbocycles. The van der Waals surface area contributed by atoms with Crippen molar-refractivity contribution in [3.05, 3.63) is 75.2 Å². The molecule has 0 saturated heterocycles. The van der Waals surface area contributed by atoms with Crippen molar-refractivity contribution in [2.75, 3.05) is 14.1 Å². The molecule has 0 fully saturated rings. The summed E-state index contributed by atoms with van der Waals surface area (Å²) in [5.41, 5.74) is 3.58. The molecule has 3 rings (SSSR count). The van der Waals surface area contributed by atoms with Crippen LogP contribution in [0.3, 0.4) is 0 Å². The monoisotopic (exact) mass is 392 g/mol. The predicted molar refractivity (Wildman–Crippen MR) is 112 cm³/mol. The Morgan fingerprint density at radius 1 is 1.07 bits per heavy atom. The molecule has 0 spiro atoms. The summed E-state index contributed by atoms with van der Waals surface area (Å²) in [4.78, 5) is 42.5. The molecule has 1 N–H and O–H groups in total. The molecule has 2 aromatic carbocycles. The zero-order chi connectivity index (χ0) is 21.1. The maximum Gasteiger partial charge on any atom is 0.272 e. The molecule has 7 heteroatoms. The molecule has 3 aromatic rings. The number of hydrogen-bond donors (Lipinski definition) is 1. The first-order valence-electron chi connectivity index (χ1n) is 9.41. The SMILES string of the molecule is CCn1c(=O)c(C)nc2cc(C(=O)NCc3ccc(C(=O)N(C)C)cc3)ccc21. The van der Waals surface area contributed by atoms with Crippen LogP contribution in [0.2, 0.25) is 0 Å². The highest BCUT2D eigenvalue weighted by Crippen LogP contribution is 2.14. The normalized spacial score (nSPS) is 10.8. The van der Waals surface area contributed by atoms with Gasteiger partial charge < -0.3 is 14.8 Å². The van der Waals surface area contributed by atoms with Crippen LogP contribution >= 0.6 is 0 Å². The lowest BCUT2D eigenvalue weighted by Crippen LogP contribution is -2.25. The summed E-state index contributed by atoms with van der Waals surface area (Å²) in [5, 5.41) is 2.88. The molecule has 0 atom stereocenters. The standard InChI is InChI=1S/C22H24N4O3/c1-5-26-19-11-10-17(12-18(19)24-14(2)21(26)28)20(27)23-13-15-6-8-16(9-7-15)22(29)25(3)4/h6-12H,5,13H2,1-4H3,(H,23,27). The van der Waals surface area contributed by atoms with E-state index < -0.39 is 0 Å². The summed E-state index contributed by atoms with van der Waals surface area (Å²) in [6.07, 6.45) is 0. The number of benzene rings is 2. The molecule has 29 heavy (non-hydrogen) atoms. The van der Waals surface area contributed by atoms with Crippen molar-refractivity contribution in [1.29, 1.82) is 0 Å². The smallest absolute Gasteiger partial charge is 0.272 e. The van der Waals surface area contributed by atoms with Gasteiger partial charge in [-0.2, -0.15) is 0 Å². The van der Waals surface area contributed by atoms with E-state index in [4.69, 9.17) is 0 Å². The third-order valence-electron chi connectivity index (χ3n) is 4.75. The van der Waals surface area contributed by atoms with Crippen molar-refractivity contribution in [2.24, 2.45) is 0 Å². The Bertz CT molecular complexity index is 1130. The first-order chi connectivity index (χ1) is 13.8. The van der Waals surface area contributed by atoms with Crippen LogP contribution in [-0.2, 0) is 13.1 Å². The van der Waals surface area contributed by atoms with Gasteiger partial charge in [0, 0.05) is 38.3 Å². The lowest BCUT2D eigenvalue weighted by molar-refractivity contribution is 0.0827. The highest BCUT2D eigenvalue weighted by molar-refractivity contribution is 5.97. The number of aromatic nitrogens is 2. The number of amides is 2. The first-order valence-corrected chi connectivity index (χ1v) is 9.41. The van der Waals surface area contributed by atoms with Gasteiger partial charge >= 0.3 is 0 Å². The first kappa shape index (κ1) is 20.3. The molecular weight excluding hydrogens is 368 g/mol. The van der Waals surface area contributed by atoms with Gasteiger partial charge in [-0.3, -0.25) is 14.4 Å². The maximum absolute atomic E-state index is 12.6. The number of aryl methyl sites for hydroxylation is 2. The fourth-order valence-electron chi connectivity index (χ4n) is 3.14. The molecule has 150 valence electrons. The summed E-state index contributed by atoms with van der Waals surface area (Å²) in [5.74, 6) is -0.292. The number of nitrogens with one attached hydrogen (secondary N) is 1. The molecular formula is C22H24N4O3. The third kappa shape index (κ3) is 4.18. The second kappa shape index (κ2) is 8.26. The van der Waals surface area contributed by atoms with Gasteiger partial charge in [0.1, 0.15) is 5.69 Å². The van der Waals surface area contributed by atoms with Crippen molar-refractivity contribution in [3.63, 3.8) is 0 Å². The molecule has 2 amide bonds. The number of nitrogens with zero attached hydrogens (tertiary/aromatic N) is 3. The number of carbonyl (C=O) groups is 2. The van der Waals surface area contributed by atoms with E-state index in [-0.39, 0.29) is 17.4 Å². The van der Waals surface area contributed by atoms with E-state index in [2.05, 4.69) is 10.3 Å². The molecule has 0 aliphatic rings. The van der Waals surface area contributed by atoms with E-state index in [1.807, 2.05) is 19.1 Å². The fraction of sp³-hybridized carbons (Fsp3) is 0.273. The van der Waals surface area contributed by atoms with Gasteiger partial charge in [0.15, 0.2) is 0 Å². The Hall–Kier alpha value is -3.48. The summed E-state index contributed by atoms with van der Waals surface area (Å²) in [6, 6.07) is 12.3. The quantitative estimate of drug-likeness (QED) is 0.722. The average molecular weight is 392 g/mol. The van der Waals surface area contributed by atoms with Gasteiger partial charge in [0.05, 0.1) is 11.0 Å². The minimum absolute atomic E-state index is 0.0647. The van der Waals surface area contributed by atoms with Gasteiger partial charge in [0.2, 0.25) is 0 Å². The van der Waals surface area contributed by atoms with Crippen LogP contribution in [0.1, 0.15) is 38.9 Å². The second-order valence-electron chi connectivity index (χ2n) is 7.03. The summed E-state index contributed by atoms with van der Waals surface area (Å²) in [7, 11) is 3.41. The summed E-state index contributed by atoms with van der Waals surface area (Å²) < 4.78 is 1.65. The zero-order valence-electron chi connectivity index (χ0n) is 17.0. The van der Waals surface area contributed by atoms with Crippen molar-refractivity contribution < 1.29 is 9.59 Å². The minimum atomic E-state index is -0.228. The van der Waals surface area contributed by atoms with Crippen LogP contribution in [0.25, 0.3) is 11.0 Å². The van der Waals surface area contributed by atoms with E-state index in [9.17, 15) is 14.4 Å². The van der Waals surface area contributed by atoms with Crippen molar-refractivity contribution in [2.45, 2.75) is 26.9 Å². The molecule has 0 bridgehead atoms. The molecule has 0 radical (unpaired) electrons. The summed E-state index contributed by atoms with van der Waals surface area (Å²) >= 11 is 0. The number of carbonyl (C=O) groups excluding carboxylic acids is 2. The maximum atomic E-state index is 12.6. The Morgan fingerprint density at radius 3 is 2.34 bits per heavy atom. The zero-order valence-corrected chi connectivity index (χ0v) is 17.0. The van der Waals surface area contributed by atoms with Crippen LogP contribution in [0.4, 0.5) is 0 Å². The Labute approximate surface area is 169 Å². The van der Waals surface area contributed by atoms with E-state index >= 15 is 0 Å². The van der Waals surface area contributed by atoms with E-state index in [1.165, 1.54) is 4.90 Å². The Kier molecular flexibility index (Phi) is 5.77. The third-order valence-corrected chi connectivity index (χ3v) is 4.75. The number of rotatable bonds is 5. The molecule has 1 aromatic heterocycles. The molecule has 0 unspecified atom stereocenters. The Balaban J connectivity index is 1.76. The average Bonchev–Trinajstić information content (AvgIpc) is 2.72. The number of hydrogen-bond acceptors (Lipinski definition) is 4. The van der Waals surface area contributed by atoms with Crippen LogP contribution in [0.5, 0.6) is 0 Å². The van der Waals surface area contributed by atoms with Crippen molar-refractivity contribution in [3.8, 4) is 0 Å². The van der Waals surface area contributed by atoms with Gasteiger partial charge in [-0.15, -0.1) is 0 Å². The second-order valence-corrected chi connectivity index (χ2v) is 7.03. The summed E-state index contributed by atoms with van der Waals surface area (Å²) in [6.45, 7) is 4.45. The fourth-order valence-corrected chi connectivity index (χ4v) is 3.14. The molecule has 1 heterocycles. The lowest BCUT2D eigenvalue weighted by atomic mass is 10.1. The van der Waals surface area contributed by atoms with Gasteiger partial charge in [-0.25, -0.2) is 4.98 Å². The molecule has 0 saturated carbocycles. The van der Waals surface area contributed by atoms with E-state index in [0.29, 0.717) is 40.9 Å². The highest BCUT2D eigenvalue weighted by Gasteiger charge is 2.12. The van der Waals surface area contributed by atoms with E-state index in [1.54, 1.807) is 55.9 Å². The van der Waals surface area contributed by atoms with Gasteiger partial charge in [-0.05, 0) is 49.7 Å². The van der Waals surface area contributed by atoms with Crippen molar-refractivity contribution >= 4 is 22.8 Å². The van der Waals surface area contributed by atoms with Crippen LogP contribution in [0.15, 0.2) is 47.3 Å².